The largest absolute Gasteiger partial charge is 0.478 e. The summed E-state index contributed by atoms with van der Waals surface area (Å²) in [6.07, 6.45) is 0.652. The van der Waals surface area contributed by atoms with Crippen LogP contribution < -0.4 is 0 Å². The monoisotopic (exact) mass is 312 g/mol. The van der Waals surface area contributed by atoms with Crippen molar-refractivity contribution in [2.75, 3.05) is 0 Å². The Kier molecular flexibility index (Phi) is 4.55. The molecule has 0 atom stereocenters. The molecule has 4 nitrogen and oxygen atoms in total. The molecular formula is C19H20O4. The first-order valence-electron chi connectivity index (χ1n) is 7.38. The van der Waals surface area contributed by atoms with Crippen LogP contribution >= 0.6 is 0 Å². The number of carboxylic acid groups (broad SMARTS) is 2. The Morgan fingerprint density at radius 2 is 1.04 bits per heavy atom. The lowest BCUT2D eigenvalue weighted by molar-refractivity contribution is 0.0685. The number of carboxylic acids is 2. The molecule has 2 aromatic rings. The number of aromatic carboxylic acids is 2. The summed E-state index contributed by atoms with van der Waals surface area (Å²) in [4.78, 5) is 22.4. The average molecular weight is 312 g/mol. The van der Waals surface area contributed by atoms with Crippen molar-refractivity contribution < 1.29 is 19.8 Å². The summed E-state index contributed by atoms with van der Waals surface area (Å²) >= 11 is 0. The minimum Gasteiger partial charge on any atom is -0.478 e. The van der Waals surface area contributed by atoms with Crippen molar-refractivity contribution in [1.82, 2.24) is 0 Å². The molecule has 2 N–H and O–H groups in total. The second-order valence-corrected chi connectivity index (χ2v) is 5.83. The first-order chi connectivity index (χ1) is 10.7. The predicted octanol–water partition coefficient (Wildman–Crippen LogP) is 3.91. The van der Waals surface area contributed by atoms with Gasteiger partial charge in [-0.15, -0.1) is 0 Å². The van der Waals surface area contributed by atoms with E-state index in [0.717, 1.165) is 33.4 Å². The molecule has 2 rings (SSSR count). The molecular weight excluding hydrogens is 292 g/mol. The van der Waals surface area contributed by atoms with Gasteiger partial charge in [0.1, 0.15) is 0 Å². The van der Waals surface area contributed by atoms with Gasteiger partial charge in [0.05, 0.1) is 11.1 Å². The van der Waals surface area contributed by atoms with E-state index >= 15 is 0 Å². The standard InChI is InChI=1S/C19H20O4/c1-10-12(3)16(18(20)21)7-5-14(10)9-15-6-8-17(19(22)23)13(4)11(15)2/h5-8H,9H2,1-4H3,(H,20,21)(H,22,23). The van der Waals surface area contributed by atoms with E-state index in [0.29, 0.717) is 17.5 Å². The Morgan fingerprint density at radius 3 is 1.35 bits per heavy atom. The molecule has 0 aromatic heterocycles. The lowest BCUT2D eigenvalue weighted by Crippen LogP contribution is -2.06. The highest BCUT2D eigenvalue weighted by Gasteiger charge is 2.15. The molecule has 0 heterocycles. The third-order valence-electron chi connectivity index (χ3n) is 4.64. The van der Waals surface area contributed by atoms with E-state index in [1.54, 1.807) is 12.1 Å². The van der Waals surface area contributed by atoms with Gasteiger partial charge < -0.3 is 10.2 Å². The minimum atomic E-state index is -0.921. The normalized spacial score (nSPS) is 10.6. The van der Waals surface area contributed by atoms with Crippen molar-refractivity contribution in [1.29, 1.82) is 0 Å². The summed E-state index contributed by atoms with van der Waals surface area (Å²) in [5, 5.41) is 18.4. The van der Waals surface area contributed by atoms with Gasteiger partial charge in [0, 0.05) is 0 Å². The van der Waals surface area contributed by atoms with Crippen molar-refractivity contribution in [3.63, 3.8) is 0 Å². The molecule has 0 aliphatic carbocycles. The Bertz CT molecular complexity index is 736. The third kappa shape index (κ3) is 3.11. The Morgan fingerprint density at radius 1 is 0.696 bits per heavy atom. The molecule has 0 spiro atoms. The molecule has 0 fully saturated rings. The molecule has 0 aliphatic rings. The molecule has 0 unspecified atom stereocenters. The SMILES string of the molecule is Cc1c(Cc2ccc(C(=O)O)c(C)c2C)ccc(C(=O)O)c1C. The first kappa shape index (κ1) is 16.7. The Hall–Kier alpha value is -2.62. The lowest BCUT2D eigenvalue weighted by atomic mass is 9.90. The van der Waals surface area contributed by atoms with E-state index < -0.39 is 11.9 Å². The molecule has 0 radical (unpaired) electrons. The van der Waals surface area contributed by atoms with Crippen LogP contribution in [0.3, 0.4) is 0 Å². The number of hydrogen-bond acceptors (Lipinski definition) is 2. The molecule has 120 valence electrons. The molecule has 0 saturated heterocycles. The van der Waals surface area contributed by atoms with Gasteiger partial charge in [0.2, 0.25) is 0 Å². The van der Waals surface area contributed by atoms with Crippen LogP contribution in [0.2, 0.25) is 0 Å². The zero-order chi connectivity index (χ0) is 17.3. The highest BCUT2D eigenvalue weighted by molar-refractivity contribution is 5.90. The summed E-state index contributed by atoms with van der Waals surface area (Å²) in [6, 6.07) is 6.94. The Labute approximate surface area is 135 Å². The minimum absolute atomic E-state index is 0.320. The maximum absolute atomic E-state index is 11.2. The van der Waals surface area contributed by atoms with Gasteiger partial charge >= 0.3 is 11.9 Å². The second-order valence-electron chi connectivity index (χ2n) is 5.83. The van der Waals surface area contributed by atoms with Crippen molar-refractivity contribution >= 4 is 11.9 Å². The zero-order valence-electron chi connectivity index (χ0n) is 13.7. The van der Waals surface area contributed by atoms with Gasteiger partial charge in [-0.3, -0.25) is 0 Å². The molecule has 0 amide bonds. The van der Waals surface area contributed by atoms with Gasteiger partial charge in [-0.25, -0.2) is 9.59 Å². The van der Waals surface area contributed by atoms with Crippen LogP contribution in [0.5, 0.6) is 0 Å². The molecule has 0 bridgehead atoms. The van der Waals surface area contributed by atoms with E-state index in [1.165, 1.54) is 0 Å². The topological polar surface area (TPSA) is 74.6 Å². The molecule has 4 heteroatoms. The van der Waals surface area contributed by atoms with E-state index in [-0.39, 0.29) is 0 Å². The molecule has 0 saturated carbocycles. The predicted molar refractivity (Wildman–Crippen MR) is 88.6 cm³/mol. The van der Waals surface area contributed by atoms with E-state index in [4.69, 9.17) is 0 Å². The lowest BCUT2D eigenvalue weighted by Gasteiger charge is -2.15. The van der Waals surface area contributed by atoms with Gasteiger partial charge in [0.25, 0.3) is 0 Å². The van der Waals surface area contributed by atoms with Crippen LogP contribution in [0.15, 0.2) is 24.3 Å². The van der Waals surface area contributed by atoms with Crippen LogP contribution in [0.1, 0.15) is 54.1 Å². The van der Waals surface area contributed by atoms with Crippen LogP contribution in [0.4, 0.5) is 0 Å². The number of hydrogen-bond donors (Lipinski definition) is 2. The van der Waals surface area contributed by atoms with Crippen LogP contribution in [0.25, 0.3) is 0 Å². The summed E-state index contributed by atoms with van der Waals surface area (Å²) < 4.78 is 0. The van der Waals surface area contributed by atoms with Gasteiger partial charge in [0.15, 0.2) is 0 Å². The van der Waals surface area contributed by atoms with Crippen molar-refractivity contribution in [3.05, 3.63) is 68.8 Å². The summed E-state index contributed by atoms with van der Waals surface area (Å²) in [7, 11) is 0. The number of carbonyl (C=O) groups is 2. The fourth-order valence-corrected chi connectivity index (χ4v) is 2.81. The highest BCUT2D eigenvalue weighted by atomic mass is 16.4. The fraction of sp³-hybridized carbons (Fsp3) is 0.263. The third-order valence-corrected chi connectivity index (χ3v) is 4.64. The molecule has 2 aromatic carbocycles. The molecule has 0 aliphatic heterocycles. The molecule has 23 heavy (non-hydrogen) atoms. The highest BCUT2D eigenvalue weighted by Crippen LogP contribution is 2.24. The van der Waals surface area contributed by atoms with Crippen molar-refractivity contribution in [3.8, 4) is 0 Å². The van der Waals surface area contributed by atoms with E-state index in [1.807, 2.05) is 39.8 Å². The van der Waals surface area contributed by atoms with Crippen molar-refractivity contribution in [2.45, 2.75) is 34.1 Å². The number of benzene rings is 2. The van der Waals surface area contributed by atoms with Crippen LogP contribution in [0, 0.1) is 27.7 Å². The van der Waals surface area contributed by atoms with Gasteiger partial charge in [-0.1, -0.05) is 12.1 Å². The van der Waals surface area contributed by atoms with Crippen LogP contribution in [-0.4, -0.2) is 22.2 Å². The summed E-state index contributed by atoms with van der Waals surface area (Å²) in [6.45, 7) is 7.47. The van der Waals surface area contributed by atoms with Gasteiger partial charge in [-0.05, 0) is 79.6 Å². The summed E-state index contributed by atoms with van der Waals surface area (Å²) in [5.41, 5.74) is 6.21. The quantitative estimate of drug-likeness (QED) is 0.897. The smallest absolute Gasteiger partial charge is 0.335 e. The van der Waals surface area contributed by atoms with E-state index in [2.05, 4.69) is 0 Å². The maximum atomic E-state index is 11.2. The van der Waals surface area contributed by atoms with Crippen molar-refractivity contribution in [2.24, 2.45) is 0 Å². The number of rotatable bonds is 4. The summed E-state index contributed by atoms with van der Waals surface area (Å²) in [5.74, 6) is -1.84. The fourth-order valence-electron chi connectivity index (χ4n) is 2.81. The van der Waals surface area contributed by atoms with E-state index in [9.17, 15) is 19.8 Å². The second kappa shape index (κ2) is 6.24. The zero-order valence-corrected chi connectivity index (χ0v) is 13.7. The van der Waals surface area contributed by atoms with Gasteiger partial charge in [-0.2, -0.15) is 0 Å². The first-order valence-corrected chi connectivity index (χ1v) is 7.38. The van der Waals surface area contributed by atoms with Crippen LogP contribution in [-0.2, 0) is 6.42 Å². The maximum Gasteiger partial charge on any atom is 0.335 e. The average Bonchev–Trinajstić information content (AvgIpc) is 2.48. The Balaban J connectivity index is 2.45.